The van der Waals surface area contributed by atoms with Crippen molar-refractivity contribution in [2.24, 2.45) is 0 Å². The Morgan fingerprint density at radius 3 is 1.24 bits per heavy atom. The van der Waals surface area contributed by atoms with Gasteiger partial charge in [-0.15, -0.1) is 0 Å². The second-order valence-electron chi connectivity index (χ2n) is 15.3. The van der Waals surface area contributed by atoms with Gasteiger partial charge in [-0.3, -0.25) is 14.4 Å². The minimum absolute atomic E-state index is 0.0941. The standard InChI is InChI=1S/C49H86O6/c1-4-7-10-13-16-19-22-23-24-25-28-30-33-36-39-42-48(51)54-45-46(55-49(52)43-40-37-34-31-27-21-18-15-12-9-6-3)44-53-47(50)41-38-35-32-29-26-20-17-14-11-8-5-2/h9,12,14,17-18,21,31,34,46H,4-8,10-11,13,15-16,19-20,22-30,32-33,35-45H2,1-3H3/b12-9-,17-14-,21-18-,34-31-. The fourth-order valence-electron chi connectivity index (χ4n) is 6.33. The van der Waals surface area contributed by atoms with Crippen LogP contribution in [0, 0.1) is 0 Å². The summed E-state index contributed by atoms with van der Waals surface area (Å²) in [5, 5.41) is 0. The van der Waals surface area contributed by atoms with E-state index >= 15 is 0 Å². The van der Waals surface area contributed by atoms with Gasteiger partial charge in [0.05, 0.1) is 0 Å². The average molecular weight is 771 g/mol. The molecule has 0 rings (SSSR count). The Morgan fingerprint density at radius 1 is 0.382 bits per heavy atom. The molecule has 318 valence electrons. The summed E-state index contributed by atoms with van der Waals surface area (Å²) < 4.78 is 16.6. The third-order valence-corrected chi connectivity index (χ3v) is 9.82. The normalized spacial score (nSPS) is 12.4. The van der Waals surface area contributed by atoms with E-state index < -0.39 is 6.10 Å². The van der Waals surface area contributed by atoms with Gasteiger partial charge in [0.25, 0.3) is 0 Å². The molecule has 0 aliphatic rings. The first-order valence-corrected chi connectivity index (χ1v) is 23.1. The summed E-state index contributed by atoms with van der Waals surface area (Å²) in [6, 6.07) is 0. The van der Waals surface area contributed by atoms with Crippen LogP contribution in [-0.2, 0) is 28.6 Å². The summed E-state index contributed by atoms with van der Waals surface area (Å²) in [7, 11) is 0. The number of esters is 3. The number of hydrogen-bond acceptors (Lipinski definition) is 6. The maximum atomic E-state index is 12.7. The van der Waals surface area contributed by atoms with Crippen LogP contribution < -0.4 is 0 Å². The Bertz CT molecular complexity index is 980. The zero-order chi connectivity index (χ0) is 40.1. The molecule has 0 saturated carbocycles. The number of carbonyl (C=O) groups excluding carboxylic acids is 3. The minimum atomic E-state index is -0.797. The van der Waals surface area contributed by atoms with E-state index in [4.69, 9.17) is 14.2 Å². The Kier molecular flexibility index (Phi) is 42.0. The number of allylic oxidation sites excluding steroid dienone is 8. The first kappa shape index (κ1) is 52.4. The van der Waals surface area contributed by atoms with Crippen LogP contribution in [0.2, 0.25) is 0 Å². The molecule has 0 aromatic heterocycles. The molecule has 55 heavy (non-hydrogen) atoms. The van der Waals surface area contributed by atoms with E-state index in [1.54, 1.807) is 0 Å². The predicted molar refractivity (Wildman–Crippen MR) is 233 cm³/mol. The predicted octanol–water partition coefficient (Wildman–Crippen LogP) is 14.8. The molecule has 0 N–H and O–H groups in total. The van der Waals surface area contributed by atoms with E-state index in [0.717, 1.165) is 70.6 Å². The molecule has 6 heteroatoms. The zero-order valence-corrected chi connectivity index (χ0v) is 36.2. The summed E-state index contributed by atoms with van der Waals surface area (Å²) in [5.74, 6) is -0.959. The van der Waals surface area contributed by atoms with Crippen molar-refractivity contribution in [2.75, 3.05) is 13.2 Å². The molecule has 0 aromatic carbocycles. The highest BCUT2D eigenvalue weighted by atomic mass is 16.6. The first-order chi connectivity index (χ1) is 27.0. The SMILES string of the molecule is CC/C=C\C/C=C\C/C=C\CCCC(=O)OC(COC(=O)CCCCCCC/C=C\CCCC)COC(=O)CCCCCCCCCCCCCCCCC. The van der Waals surface area contributed by atoms with Gasteiger partial charge in [0.15, 0.2) is 6.10 Å². The maximum Gasteiger partial charge on any atom is 0.306 e. The lowest BCUT2D eigenvalue weighted by Crippen LogP contribution is -2.30. The quantitative estimate of drug-likeness (QED) is 0.0267. The number of unbranched alkanes of at least 4 members (excludes halogenated alkanes) is 22. The van der Waals surface area contributed by atoms with E-state index in [1.165, 1.54) is 109 Å². The topological polar surface area (TPSA) is 78.9 Å². The van der Waals surface area contributed by atoms with Crippen molar-refractivity contribution in [3.05, 3.63) is 48.6 Å². The Balaban J connectivity index is 4.39. The van der Waals surface area contributed by atoms with Gasteiger partial charge in [-0.2, -0.15) is 0 Å². The van der Waals surface area contributed by atoms with Crippen molar-refractivity contribution < 1.29 is 28.6 Å². The van der Waals surface area contributed by atoms with E-state index in [1.807, 2.05) is 0 Å². The van der Waals surface area contributed by atoms with Gasteiger partial charge in [0.2, 0.25) is 0 Å². The lowest BCUT2D eigenvalue weighted by atomic mass is 10.0. The molecule has 0 heterocycles. The lowest BCUT2D eigenvalue weighted by molar-refractivity contribution is -0.167. The molecular formula is C49H86O6. The van der Waals surface area contributed by atoms with Crippen molar-refractivity contribution in [3.8, 4) is 0 Å². The fourth-order valence-corrected chi connectivity index (χ4v) is 6.33. The molecule has 0 saturated heterocycles. The number of carbonyl (C=O) groups is 3. The largest absolute Gasteiger partial charge is 0.462 e. The third kappa shape index (κ3) is 42.4. The second kappa shape index (κ2) is 44.1. The van der Waals surface area contributed by atoms with Crippen LogP contribution in [0.4, 0.5) is 0 Å². The smallest absolute Gasteiger partial charge is 0.306 e. The van der Waals surface area contributed by atoms with E-state index in [-0.39, 0.29) is 37.5 Å². The second-order valence-corrected chi connectivity index (χ2v) is 15.3. The molecule has 1 atom stereocenters. The molecule has 0 fully saturated rings. The van der Waals surface area contributed by atoms with Crippen LogP contribution in [0.25, 0.3) is 0 Å². The molecule has 0 radical (unpaired) electrons. The molecular weight excluding hydrogens is 685 g/mol. The molecule has 0 aliphatic carbocycles. The van der Waals surface area contributed by atoms with Gasteiger partial charge in [0, 0.05) is 19.3 Å². The van der Waals surface area contributed by atoms with E-state index in [0.29, 0.717) is 19.3 Å². The summed E-state index contributed by atoms with van der Waals surface area (Å²) in [5.41, 5.74) is 0. The van der Waals surface area contributed by atoms with Crippen LogP contribution in [-0.4, -0.2) is 37.2 Å². The molecule has 6 nitrogen and oxygen atoms in total. The minimum Gasteiger partial charge on any atom is -0.462 e. The summed E-state index contributed by atoms with van der Waals surface area (Å²) >= 11 is 0. The first-order valence-electron chi connectivity index (χ1n) is 23.1. The number of ether oxygens (including phenoxy) is 3. The van der Waals surface area contributed by atoms with Crippen molar-refractivity contribution in [1.29, 1.82) is 0 Å². The van der Waals surface area contributed by atoms with Crippen molar-refractivity contribution in [2.45, 2.75) is 232 Å². The fraction of sp³-hybridized carbons (Fsp3) is 0.776. The monoisotopic (exact) mass is 771 g/mol. The van der Waals surface area contributed by atoms with Crippen LogP contribution in [0.3, 0.4) is 0 Å². The molecule has 0 spiro atoms. The van der Waals surface area contributed by atoms with Gasteiger partial charge in [-0.25, -0.2) is 0 Å². The highest BCUT2D eigenvalue weighted by Gasteiger charge is 2.19. The lowest BCUT2D eigenvalue weighted by Gasteiger charge is -2.18. The van der Waals surface area contributed by atoms with Crippen LogP contribution >= 0.6 is 0 Å². The summed E-state index contributed by atoms with van der Waals surface area (Å²) in [6.07, 6.45) is 51.0. The Labute approximate surface area is 339 Å². The van der Waals surface area contributed by atoms with Crippen LogP contribution in [0.15, 0.2) is 48.6 Å². The zero-order valence-electron chi connectivity index (χ0n) is 36.2. The average Bonchev–Trinajstić information content (AvgIpc) is 3.18. The highest BCUT2D eigenvalue weighted by molar-refractivity contribution is 5.71. The van der Waals surface area contributed by atoms with Gasteiger partial charge < -0.3 is 14.2 Å². The van der Waals surface area contributed by atoms with E-state index in [2.05, 4.69) is 69.4 Å². The maximum absolute atomic E-state index is 12.7. The van der Waals surface area contributed by atoms with Crippen molar-refractivity contribution in [1.82, 2.24) is 0 Å². The Hall–Kier alpha value is -2.63. The number of rotatable bonds is 41. The molecule has 0 amide bonds. The summed E-state index contributed by atoms with van der Waals surface area (Å²) in [6.45, 7) is 6.42. The summed E-state index contributed by atoms with van der Waals surface area (Å²) in [4.78, 5) is 37.7. The van der Waals surface area contributed by atoms with Crippen LogP contribution in [0.1, 0.15) is 226 Å². The van der Waals surface area contributed by atoms with Gasteiger partial charge in [0.1, 0.15) is 13.2 Å². The van der Waals surface area contributed by atoms with Gasteiger partial charge in [-0.05, 0) is 64.2 Å². The van der Waals surface area contributed by atoms with Crippen molar-refractivity contribution >= 4 is 17.9 Å². The van der Waals surface area contributed by atoms with Gasteiger partial charge in [-0.1, -0.05) is 191 Å². The van der Waals surface area contributed by atoms with Crippen molar-refractivity contribution in [3.63, 3.8) is 0 Å². The van der Waals surface area contributed by atoms with E-state index in [9.17, 15) is 14.4 Å². The molecule has 1 unspecified atom stereocenters. The number of hydrogen-bond donors (Lipinski definition) is 0. The molecule has 0 bridgehead atoms. The molecule has 0 aromatic rings. The Morgan fingerprint density at radius 2 is 0.745 bits per heavy atom. The highest BCUT2D eigenvalue weighted by Crippen LogP contribution is 2.15. The van der Waals surface area contributed by atoms with Crippen LogP contribution in [0.5, 0.6) is 0 Å². The molecule has 0 aliphatic heterocycles. The third-order valence-electron chi connectivity index (χ3n) is 9.82. The van der Waals surface area contributed by atoms with Gasteiger partial charge >= 0.3 is 17.9 Å².